The van der Waals surface area contributed by atoms with E-state index in [1.54, 1.807) is 25.2 Å². The highest BCUT2D eigenvalue weighted by molar-refractivity contribution is 7.89. The Kier molecular flexibility index (Phi) is 5.95. The Morgan fingerprint density at radius 2 is 1.81 bits per heavy atom. The Labute approximate surface area is 137 Å². The van der Waals surface area contributed by atoms with Gasteiger partial charge in [-0.25, -0.2) is 8.42 Å². The lowest BCUT2D eigenvalue weighted by Gasteiger charge is -2.27. The Morgan fingerprint density at radius 1 is 1.19 bits per heavy atom. The van der Waals surface area contributed by atoms with Gasteiger partial charge in [0.2, 0.25) is 10.0 Å². The Hall–Kier alpha value is -0.290. The van der Waals surface area contributed by atoms with Crippen molar-refractivity contribution in [1.82, 2.24) is 4.31 Å². The summed E-state index contributed by atoms with van der Waals surface area (Å²) in [5.74, 6) is 0.271. The molecule has 1 aromatic rings. The number of nitrogens with zero attached hydrogens (tertiary/aromatic N) is 1. The molecular formula is C15H21Cl2NO2S. The van der Waals surface area contributed by atoms with Gasteiger partial charge in [0.25, 0.3) is 0 Å². The third-order valence-electron chi connectivity index (χ3n) is 4.15. The molecule has 0 N–H and O–H groups in total. The Bertz CT molecular complexity index is 581. The van der Waals surface area contributed by atoms with E-state index >= 15 is 0 Å². The van der Waals surface area contributed by atoms with Crippen LogP contribution in [0.15, 0.2) is 23.1 Å². The average molecular weight is 350 g/mol. The first kappa shape index (κ1) is 17.1. The molecule has 6 heteroatoms. The second-order valence-electron chi connectivity index (χ2n) is 5.57. The fraction of sp³-hybridized carbons (Fsp3) is 0.600. The molecule has 1 aromatic carbocycles. The zero-order chi connectivity index (χ0) is 15.5. The lowest BCUT2D eigenvalue weighted by Crippen LogP contribution is -2.36. The van der Waals surface area contributed by atoms with Crippen molar-refractivity contribution in [2.45, 2.75) is 55.3 Å². The summed E-state index contributed by atoms with van der Waals surface area (Å²) < 4.78 is 27.2. The van der Waals surface area contributed by atoms with Gasteiger partial charge >= 0.3 is 0 Å². The summed E-state index contributed by atoms with van der Waals surface area (Å²) in [6.45, 7) is 0. The molecule has 1 aliphatic rings. The number of hydrogen-bond acceptors (Lipinski definition) is 2. The summed E-state index contributed by atoms with van der Waals surface area (Å²) in [7, 11) is -1.91. The molecule has 0 heterocycles. The second-order valence-corrected chi connectivity index (χ2v) is 8.21. The second kappa shape index (κ2) is 7.32. The molecule has 0 bridgehead atoms. The molecule has 0 spiro atoms. The summed E-state index contributed by atoms with van der Waals surface area (Å²) in [6.07, 6.45) is 6.38. The smallest absolute Gasteiger partial charge is 0.207 e. The first-order chi connectivity index (χ1) is 9.96. The molecule has 0 aromatic heterocycles. The summed E-state index contributed by atoms with van der Waals surface area (Å²) in [5.41, 5.74) is 0.758. The van der Waals surface area contributed by atoms with Crippen LogP contribution in [0.1, 0.15) is 44.1 Å². The van der Waals surface area contributed by atoms with Gasteiger partial charge in [-0.05, 0) is 30.5 Å². The van der Waals surface area contributed by atoms with Crippen LogP contribution in [0.4, 0.5) is 0 Å². The van der Waals surface area contributed by atoms with Crippen LogP contribution in [0, 0.1) is 0 Å². The van der Waals surface area contributed by atoms with Crippen molar-refractivity contribution in [3.05, 3.63) is 28.8 Å². The summed E-state index contributed by atoms with van der Waals surface area (Å²) in [6, 6.07) is 5.00. The van der Waals surface area contributed by atoms with Crippen molar-refractivity contribution in [2.24, 2.45) is 0 Å². The maximum atomic E-state index is 12.8. The molecule has 0 radical (unpaired) electrons. The van der Waals surface area contributed by atoms with E-state index in [2.05, 4.69) is 0 Å². The van der Waals surface area contributed by atoms with Crippen LogP contribution in [-0.2, 0) is 15.9 Å². The van der Waals surface area contributed by atoms with Gasteiger partial charge in [-0.1, -0.05) is 43.4 Å². The van der Waals surface area contributed by atoms with E-state index in [9.17, 15) is 8.42 Å². The van der Waals surface area contributed by atoms with Crippen molar-refractivity contribution in [1.29, 1.82) is 0 Å². The average Bonchev–Trinajstić information content (AvgIpc) is 2.75. The molecule has 0 atom stereocenters. The van der Waals surface area contributed by atoms with Crippen LogP contribution < -0.4 is 0 Å². The van der Waals surface area contributed by atoms with Crippen molar-refractivity contribution in [2.75, 3.05) is 7.05 Å². The first-order valence-corrected chi connectivity index (χ1v) is 9.64. The maximum absolute atomic E-state index is 12.8. The minimum Gasteiger partial charge on any atom is -0.207 e. The van der Waals surface area contributed by atoms with Gasteiger partial charge in [-0.2, -0.15) is 4.31 Å². The molecule has 1 aliphatic carbocycles. The SMILES string of the molecule is CN(C1CCCCCC1)S(=O)(=O)c1cc(CCl)ccc1Cl. The van der Waals surface area contributed by atoms with Crippen LogP contribution in [0.3, 0.4) is 0 Å². The Balaban J connectivity index is 2.31. The normalized spacial score (nSPS) is 17.9. The monoisotopic (exact) mass is 349 g/mol. The lowest BCUT2D eigenvalue weighted by molar-refractivity contribution is 0.335. The lowest BCUT2D eigenvalue weighted by atomic mass is 10.1. The molecule has 0 aliphatic heterocycles. The van der Waals surface area contributed by atoms with E-state index in [0.717, 1.165) is 31.2 Å². The summed E-state index contributed by atoms with van der Waals surface area (Å²) in [5, 5.41) is 0.254. The Morgan fingerprint density at radius 3 is 2.38 bits per heavy atom. The minimum absolute atomic E-state index is 0.0632. The highest BCUT2D eigenvalue weighted by Gasteiger charge is 2.30. The van der Waals surface area contributed by atoms with Gasteiger partial charge in [0.15, 0.2) is 0 Å². The van der Waals surface area contributed by atoms with E-state index < -0.39 is 10.0 Å². The predicted octanol–water partition coefficient (Wildman–Crippen LogP) is 4.42. The topological polar surface area (TPSA) is 37.4 Å². The quantitative estimate of drug-likeness (QED) is 0.595. The fourth-order valence-electron chi connectivity index (χ4n) is 2.80. The molecule has 2 rings (SSSR count). The molecule has 1 saturated carbocycles. The van der Waals surface area contributed by atoms with Gasteiger partial charge < -0.3 is 0 Å². The van der Waals surface area contributed by atoms with Crippen molar-refractivity contribution in [3.8, 4) is 0 Å². The molecule has 3 nitrogen and oxygen atoms in total. The van der Waals surface area contributed by atoms with Crippen LogP contribution in [0.2, 0.25) is 5.02 Å². The van der Waals surface area contributed by atoms with Gasteiger partial charge in [-0.3, -0.25) is 0 Å². The van der Waals surface area contributed by atoms with Gasteiger partial charge in [-0.15, -0.1) is 11.6 Å². The van der Waals surface area contributed by atoms with Crippen molar-refractivity contribution >= 4 is 33.2 Å². The largest absolute Gasteiger partial charge is 0.244 e. The highest BCUT2D eigenvalue weighted by atomic mass is 35.5. The van der Waals surface area contributed by atoms with E-state index in [-0.39, 0.29) is 21.8 Å². The highest BCUT2D eigenvalue weighted by Crippen LogP contribution is 2.30. The standard InChI is InChI=1S/C15H21Cl2NO2S/c1-18(13-6-4-2-3-5-7-13)21(19,20)15-10-12(11-16)8-9-14(15)17/h8-10,13H,2-7,11H2,1H3. The number of alkyl halides is 1. The van der Waals surface area contributed by atoms with Gasteiger partial charge in [0.05, 0.1) is 5.02 Å². The van der Waals surface area contributed by atoms with E-state index in [0.29, 0.717) is 0 Å². The van der Waals surface area contributed by atoms with Crippen molar-refractivity contribution < 1.29 is 8.42 Å². The fourth-order valence-corrected chi connectivity index (χ4v) is 4.91. The van der Waals surface area contributed by atoms with Gasteiger partial charge in [0, 0.05) is 19.0 Å². The maximum Gasteiger partial charge on any atom is 0.244 e. The minimum atomic E-state index is -3.58. The third-order valence-corrected chi connectivity index (χ3v) is 6.85. The van der Waals surface area contributed by atoms with Crippen LogP contribution >= 0.6 is 23.2 Å². The predicted molar refractivity (Wildman–Crippen MR) is 87.4 cm³/mol. The molecule has 0 saturated heterocycles. The number of sulfonamides is 1. The number of benzene rings is 1. The van der Waals surface area contributed by atoms with Crippen molar-refractivity contribution in [3.63, 3.8) is 0 Å². The van der Waals surface area contributed by atoms with E-state index in [4.69, 9.17) is 23.2 Å². The zero-order valence-electron chi connectivity index (χ0n) is 12.2. The first-order valence-electron chi connectivity index (χ1n) is 7.29. The number of rotatable bonds is 4. The number of halogens is 2. The molecule has 21 heavy (non-hydrogen) atoms. The molecule has 118 valence electrons. The van der Waals surface area contributed by atoms with Crippen LogP contribution in [0.25, 0.3) is 0 Å². The van der Waals surface area contributed by atoms with Crippen LogP contribution in [-0.4, -0.2) is 25.8 Å². The molecule has 0 amide bonds. The molecule has 0 unspecified atom stereocenters. The summed E-state index contributed by atoms with van der Waals surface area (Å²) in [4.78, 5) is 0.161. The third kappa shape index (κ3) is 3.92. The zero-order valence-corrected chi connectivity index (χ0v) is 14.5. The van der Waals surface area contributed by atoms with E-state index in [1.807, 2.05) is 0 Å². The van der Waals surface area contributed by atoms with Crippen LogP contribution in [0.5, 0.6) is 0 Å². The molecule has 1 fully saturated rings. The summed E-state index contributed by atoms with van der Waals surface area (Å²) >= 11 is 11.9. The number of hydrogen-bond donors (Lipinski definition) is 0. The van der Waals surface area contributed by atoms with Gasteiger partial charge in [0.1, 0.15) is 4.90 Å². The van der Waals surface area contributed by atoms with E-state index in [1.165, 1.54) is 17.1 Å². The molecular weight excluding hydrogens is 329 g/mol.